The predicted molar refractivity (Wildman–Crippen MR) is 145 cm³/mol. The molecule has 1 unspecified atom stereocenters. The number of ketones is 1. The maximum Gasteiger partial charge on any atom is 0.170 e. The van der Waals surface area contributed by atoms with Gasteiger partial charge in [-0.1, -0.05) is 6.07 Å². The molecule has 196 valence electrons. The molecule has 1 aromatic heterocycles. The standard InChI is InChI=1S/C29H31F2N3O2.ClH/c1-18-13-19(2)28(26(14-18)33-11-7-22(35)8-12-33)29(36)20-6-10-34(17-20)27-16-32-9-5-24(27)23-4-3-21(30)15-25(23)31;/h3-5,9,13-16,20,22,35H,6-8,10-12,17H2,1-2H3;1H. The minimum absolute atomic E-state index is 0. The molecule has 8 heteroatoms. The van der Waals surface area contributed by atoms with Gasteiger partial charge in [0.15, 0.2) is 5.78 Å². The molecule has 1 N–H and O–H groups in total. The fourth-order valence-corrected chi connectivity index (χ4v) is 5.59. The molecular weight excluding hydrogens is 496 g/mol. The molecule has 3 heterocycles. The Morgan fingerprint density at radius 2 is 1.68 bits per heavy atom. The van der Waals surface area contributed by atoms with Gasteiger partial charge in [-0.2, -0.15) is 0 Å². The van der Waals surface area contributed by atoms with Gasteiger partial charge in [0.05, 0.1) is 18.0 Å². The van der Waals surface area contributed by atoms with E-state index in [0.29, 0.717) is 43.5 Å². The molecule has 2 aliphatic rings. The summed E-state index contributed by atoms with van der Waals surface area (Å²) in [5, 5.41) is 9.96. The Morgan fingerprint density at radius 1 is 0.946 bits per heavy atom. The van der Waals surface area contributed by atoms with Crippen molar-refractivity contribution in [2.75, 3.05) is 36.0 Å². The number of aliphatic hydroxyl groups is 1. The summed E-state index contributed by atoms with van der Waals surface area (Å²) in [6, 6.07) is 9.45. The molecule has 0 spiro atoms. The third-order valence-corrected chi connectivity index (χ3v) is 7.43. The van der Waals surface area contributed by atoms with E-state index in [9.17, 15) is 18.7 Å². The number of aryl methyl sites for hydroxylation is 2. The van der Waals surface area contributed by atoms with Crippen LogP contribution in [0, 0.1) is 31.4 Å². The van der Waals surface area contributed by atoms with Crippen molar-refractivity contribution in [1.29, 1.82) is 0 Å². The number of hydrogen-bond donors (Lipinski definition) is 1. The summed E-state index contributed by atoms with van der Waals surface area (Å²) in [4.78, 5) is 22.5. The molecular formula is C29H32ClF2N3O2. The van der Waals surface area contributed by atoms with Crippen LogP contribution in [0.5, 0.6) is 0 Å². The summed E-state index contributed by atoms with van der Waals surface area (Å²) in [6.07, 6.45) is 5.08. The van der Waals surface area contributed by atoms with Crippen LogP contribution < -0.4 is 9.80 Å². The van der Waals surface area contributed by atoms with Crippen molar-refractivity contribution in [1.82, 2.24) is 4.98 Å². The second kappa shape index (κ2) is 11.2. The SMILES string of the molecule is Cc1cc(C)c(C(=O)C2CCN(c3cnccc3-c3ccc(F)cc3F)C2)c(N2CCC(O)CC2)c1.Cl. The number of halogens is 3. The molecule has 1 atom stereocenters. The minimum atomic E-state index is -0.624. The molecule has 37 heavy (non-hydrogen) atoms. The lowest BCUT2D eigenvalue weighted by Gasteiger charge is -2.34. The summed E-state index contributed by atoms with van der Waals surface area (Å²) < 4.78 is 28.1. The summed E-state index contributed by atoms with van der Waals surface area (Å²) >= 11 is 0. The molecule has 2 aromatic carbocycles. The first-order valence-electron chi connectivity index (χ1n) is 12.5. The van der Waals surface area contributed by atoms with Crippen molar-refractivity contribution >= 4 is 29.6 Å². The van der Waals surface area contributed by atoms with Crippen LogP contribution >= 0.6 is 12.4 Å². The van der Waals surface area contributed by atoms with Crippen LogP contribution in [0.3, 0.4) is 0 Å². The maximum atomic E-state index is 14.6. The fraction of sp³-hybridized carbons (Fsp3) is 0.379. The number of hydrogen-bond acceptors (Lipinski definition) is 5. The van der Waals surface area contributed by atoms with E-state index in [0.717, 1.165) is 47.2 Å². The van der Waals surface area contributed by atoms with Gasteiger partial charge in [-0.3, -0.25) is 9.78 Å². The van der Waals surface area contributed by atoms with E-state index in [2.05, 4.69) is 26.9 Å². The van der Waals surface area contributed by atoms with E-state index in [1.807, 2.05) is 13.8 Å². The van der Waals surface area contributed by atoms with Gasteiger partial charge in [-0.25, -0.2) is 8.78 Å². The smallest absolute Gasteiger partial charge is 0.170 e. The first-order chi connectivity index (χ1) is 17.3. The first-order valence-corrected chi connectivity index (χ1v) is 12.5. The van der Waals surface area contributed by atoms with Gasteiger partial charge in [0.2, 0.25) is 0 Å². The summed E-state index contributed by atoms with van der Waals surface area (Å²) in [5.74, 6) is -1.33. The van der Waals surface area contributed by atoms with Crippen LogP contribution in [0.15, 0.2) is 48.8 Å². The highest BCUT2D eigenvalue weighted by atomic mass is 35.5. The molecule has 5 rings (SSSR count). The maximum absolute atomic E-state index is 14.6. The number of aromatic nitrogens is 1. The van der Waals surface area contributed by atoms with Gasteiger partial charge in [0.25, 0.3) is 0 Å². The molecule has 2 saturated heterocycles. The Labute approximate surface area is 222 Å². The molecule has 3 aromatic rings. The summed E-state index contributed by atoms with van der Waals surface area (Å²) in [6.45, 7) is 6.64. The number of carbonyl (C=O) groups excluding carboxylic acids is 1. The lowest BCUT2D eigenvalue weighted by molar-refractivity contribution is 0.0931. The highest BCUT2D eigenvalue weighted by molar-refractivity contribution is 6.05. The molecule has 2 aliphatic heterocycles. The van der Waals surface area contributed by atoms with Gasteiger partial charge in [-0.15, -0.1) is 12.4 Å². The molecule has 0 radical (unpaired) electrons. The topological polar surface area (TPSA) is 56.7 Å². The number of anilines is 2. The summed E-state index contributed by atoms with van der Waals surface area (Å²) in [5.41, 5.74) is 5.49. The number of carbonyl (C=O) groups is 1. The largest absolute Gasteiger partial charge is 0.393 e. The second-order valence-corrected chi connectivity index (χ2v) is 10.0. The van der Waals surface area contributed by atoms with Crippen LogP contribution in [0.4, 0.5) is 20.2 Å². The monoisotopic (exact) mass is 527 g/mol. The zero-order valence-corrected chi connectivity index (χ0v) is 21.9. The number of Topliss-reactive ketones (excluding diaryl/α,β-unsaturated/α-hetero) is 1. The Bertz CT molecular complexity index is 1290. The zero-order chi connectivity index (χ0) is 25.4. The van der Waals surface area contributed by atoms with Crippen molar-refractivity contribution in [2.24, 2.45) is 5.92 Å². The van der Waals surface area contributed by atoms with E-state index in [1.165, 1.54) is 12.1 Å². The zero-order valence-electron chi connectivity index (χ0n) is 21.1. The lowest BCUT2D eigenvalue weighted by atomic mass is 9.90. The lowest BCUT2D eigenvalue weighted by Crippen LogP contribution is -2.37. The number of piperidine rings is 1. The van der Waals surface area contributed by atoms with Crippen molar-refractivity contribution in [3.63, 3.8) is 0 Å². The van der Waals surface area contributed by atoms with Crippen molar-refractivity contribution in [2.45, 2.75) is 39.2 Å². The molecule has 5 nitrogen and oxygen atoms in total. The predicted octanol–water partition coefficient (Wildman–Crippen LogP) is 5.74. The molecule has 0 saturated carbocycles. The van der Waals surface area contributed by atoms with Gasteiger partial charge < -0.3 is 14.9 Å². The first kappa shape index (κ1) is 27.0. The third kappa shape index (κ3) is 5.48. The Morgan fingerprint density at radius 3 is 2.41 bits per heavy atom. The van der Waals surface area contributed by atoms with Gasteiger partial charge in [0, 0.05) is 66.7 Å². The van der Waals surface area contributed by atoms with E-state index in [-0.39, 0.29) is 30.2 Å². The van der Waals surface area contributed by atoms with Crippen LogP contribution in [0.1, 0.15) is 40.7 Å². The average Bonchev–Trinajstić information content (AvgIpc) is 3.34. The Hall–Kier alpha value is -3.03. The Balaban J connectivity index is 0.00000320. The number of pyridine rings is 1. The quantitative estimate of drug-likeness (QED) is 0.429. The van der Waals surface area contributed by atoms with Crippen LogP contribution in [0.2, 0.25) is 0 Å². The van der Waals surface area contributed by atoms with Gasteiger partial charge >= 0.3 is 0 Å². The van der Waals surface area contributed by atoms with E-state index in [4.69, 9.17) is 0 Å². The van der Waals surface area contributed by atoms with Crippen LogP contribution in [-0.2, 0) is 0 Å². The number of aliphatic hydroxyl groups excluding tert-OH is 1. The van der Waals surface area contributed by atoms with E-state index >= 15 is 0 Å². The molecule has 0 bridgehead atoms. The summed E-state index contributed by atoms with van der Waals surface area (Å²) in [7, 11) is 0. The fourth-order valence-electron chi connectivity index (χ4n) is 5.59. The highest BCUT2D eigenvalue weighted by Crippen LogP contribution is 2.37. The molecule has 2 fully saturated rings. The third-order valence-electron chi connectivity index (χ3n) is 7.43. The van der Waals surface area contributed by atoms with Crippen molar-refractivity contribution < 1.29 is 18.7 Å². The van der Waals surface area contributed by atoms with Gasteiger partial charge in [-0.05, 0) is 68.5 Å². The minimum Gasteiger partial charge on any atom is -0.393 e. The number of rotatable bonds is 5. The number of nitrogens with zero attached hydrogens (tertiary/aromatic N) is 3. The molecule has 0 amide bonds. The van der Waals surface area contributed by atoms with Crippen molar-refractivity contribution in [3.05, 3.63) is 77.1 Å². The van der Waals surface area contributed by atoms with E-state index in [1.54, 1.807) is 18.5 Å². The second-order valence-electron chi connectivity index (χ2n) is 10.0. The molecule has 0 aliphatic carbocycles. The van der Waals surface area contributed by atoms with E-state index < -0.39 is 11.6 Å². The van der Waals surface area contributed by atoms with Gasteiger partial charge in [0.1, 0.15) is 11.6 Å². The normalized spacial score (nSPS) is 18.1. The Kier molecular flexibility index (Phi) is 8.14. The average molecular weight is 528 g/mol. The van der Waals surface area contributed by atoms with Crippen molar-refractivity contribution in [3.8, 4) is 11.1 Å². The number of benzene rings is 2. The van der Waals surface area contributed by atoms with Crippen LogP contribution in [0.25, 0.3) is 11.1 Å². The highest BCUT2D eigenvalue weighted by Gasteiger charge is 2.33. The van der Waals surface area contributed by atoms with Crippen LogP contribution in [-0.4, -0.2) is 48.2 Å².